The number of benzene rings is 3. The standard InChI is InChI=1S/C26H21F2N/c1-2-3-4-5-6-19-7-9-20(10-8-19)11-12-21-13-15-22(16-14-21)23-17-24(27)26(29)25(28)18-23/h7-10,13-18H,2-4,29H2,1H3. The third-order valence-electron chi connectivity index (χ3n) is 4.42. The number of halogens is 2. The molecule has 0 saturated carbocycles. The number of rotatable bonds is 3. The average Bonchev–Trinajstić information content (AvgIpc) is 2.74. The highest BCUT2D eigenvalue weighted by Gasteiger charge is 2.08. The first kappa shape index (κ1) is 20.2. The molecule has 29 heavy (non-hydrogen) atoms. The Hall–Kier alpha value is -3.56. The van der Waals surface area contributed by atoms with Crippen molar-refractivity contribution in [1.82, 2.24) is 0 Å². The van der Waals surface area contributed by atoms with E-state index in [-0.39, 0.29) is 0 Å². The molecule has 0 unspecified atom stereocenters. The van der Waals surface area contributed by atoms with Crippen LogP contribution in [-0.4, -0.2) is 0 Å². The Balaban J connectivity index is 1.71. The molecule has 2 N–H and O–H groups in total. The molecule has 0 fully saturated rings. The first-order valence-corrected chi connectivity index (χ1v) is 9.52. The van der Waals surface area contributed by atoms with Crippen molar-refractivity contribution in [2.75, 3.05) is 5.73 Å². The van der Waals surface area contributed by atoms with Gasteiger partial charge in [-0.1, -0.05) is 49.2 Å². The fourth-order valence-electron chi connectivity index (χ4n) is 2.71. The molecule has 0 radical (unpaired) electrons. The summed E-state index contributed by atoms with van der Waals surface area (Å²) in [5, 5.41) is 0. The Morgan fingerprint density at radius 3 is 1.72 bits per heavy atom. The molecule has 0 aliphatic carbocycles. The van der Waals surface area contributed by atoms with E-state index in [2.05, 4.69) is 30.6 Å². The minimum absolute atomic E-state index is 0.435. The molecular weight excluding hydrogens is 364 g/mol. The van der Waals surface area contributed by atoms with E-state index in [9.17, 15) is 8.78 Å². The number of hydrogen-bond acceptors (Lipinski definition) is 1. The fraction of sp³-hybridized carbons (Fsp3) is 0.154. The molecule has 3 aromatic carbocycles. The van der Waals surface area contributed by atoms with Crippen LogP contribution < -0.4 is 5.73 Å². The lowest BCUT2D eigenvalue weighted by molar-refractivity contribution is 0.592. The molecule has 0 atom stereocenters. The van der Waals surface area contributed by atoms with E-state index in [0.29, 0.717) is 11.1 Å². The van der Waals surface area contributed by atoms with Gasteiger partial charge in [-0.25, -0.2) is 8.78 Å². The summed E-state index contributed by atoms with van der Waals surface area (Å²) >= 11 is 0. The molecule has 3 heteroatoms. The lowest BCUT2D eigenvalue weighted by atomic mass is 10.0. The van der Waals surface area contributed by atoms with E-state index >= 15 is 0 Å². The Bertz CT molecular complexity index is 1080. The topological polar surface area (TPSA) is 26.0 Å². The number of nitrogens with two attached hydrogens (primary N) is 1. The van der Waals surface area contributed by atoms with Crippen LogP contribution in [0.2, 0.25) is 0 Å². The van der Waals surface area contributed by atoms with Crippen LogP contribution in [0.1, 0.15) is 42.9 Å². The van der Waals surface area contributed by atoms with Crippen molar-refractivity contribution in [2.45, 2.75) is 26.2 Å². The molecule has 0 bridgehead atoms. The Morgan fingerprint density at radius 2 is 1.21 bits per heavy atom. The Morgan fingerprint density at radius 1 is 0.724 bits per heavy atom. The van der Waals surface area contributed by atoms with E-state index in [1.807, 2.05) is 36.4 Å². The minimum atomic E-state index is -0.762. The molecule has 0 aliphatic rings. The van der Waals surface area contributed by atoms with Crippen molar-refractivity contribution in [2.24, 2.45) is 0 Å². The maximum Gasteiger partial charge on any atom is 0.149 e. The zero-order valence-corrected chi connectivity index (χ0v) is 16.2. The third kappa shape index (κ3) is 5.47. The predicted molar refractivity (Wildman–Crippen MR) is 115 cm³/mol. The highest BCUT2D eigenvalue weighted by Crippen LogP contribution is 2.25. The molecule has 0 saturated heterocycles. The van der Waals surface area contributed by atoms with Gasteiger partial charge in [0, 0.05) is 23.1 Å². The highest BCUT2D eigenvalue weighted by atomic mass is 19.1. The van der Waals surface area contributed by atoms with Gasteiger partial charge in [-0.05, 0) is 66.1 Å². The second kappa shape index (κ2) is 9.58. The van der Waals surface area contributed by atoms with Gasteiger partial charge in [0.15, 0.2) is 0 Å². The van der Waals surface area contributed by atoms with E-state index in [1.165, 1.54) is 12.1 Å². The average molecular weight is 385 g/mol. The Kier molecular flexibility index (Phi) is 6.67. The van der Waals surface area contributed by atoms with Gasteiger partial charge in [0.1, 0.15) is 17.3 Å². The van der Waals surface area contributed by atoms with Crippen LogP contribution in [0.25, 0.3) is 11.1 Å². The summed E-state index contributed by atoms with van der Waals surface area (Å²) in [5.74, 6) is 11.0. The van der Waals surface area contributed by atoms with Gasteiger partial charge in [0.25, 0.3) is 0 Å². The zero-order chi connectivity index (χ0) is 20.6. The monoisotopic (exact) mass is 385 g/mol. The summed E-state index contributed by atoms with van der Waals surface area (Å²) in [6.07, 6.45) is 3.19. The maximum atomic E-state index is 13.6. The molecule has 0 heterocycles. The number of nitrogen functional groups attached to an aromatic ring is 1. The van der Waals surface area contributed by atoms with E-state index in [0.717, 1.165) is 36.0 Å². The first-order valence-electron chi connectivity index (χ1n) is 9.52. The molecule has 144 valence electrons. The van der Waals surface area contributed by atoms with Gasteiger partial charge < -0.3 is 5.73 Å². The third-order valence-corrected chi connectivity index (χ3v) is 4.42. The van der Waals surface area contributed by atoms with Crippen molar-refractivity contribution in [3.05, 3.63) is 89.0 Å². The van der Waals surface area contributed by atoms with Gasteiger partial charge in [0.05, 0.1) is 0 Å². The smallest absolute Gasteiger partial charge is 0.149 e. The molecule has 0 aromatic heterocycles. The molecule has 0 spiro atoms. The van der Waals surface area contributed by atoms with Gasteiger partial charge in [0.2, 0.25) is 0 Å². The predicted octanol–water partition coefficient (Wildman–Crippen LogP) is 6.16. The molecule has 3 aromatic rings. The van der Waals surface area contributed by atoms with Gasteiger partial charge in [-0.2, -0.15) is 0 Å². The van der Waals surface area contributed by atoms with Gasteiger partial charge >= 0.3 is 0 Å². The largest absolute Gasteiger partial charge is 0.394 e. The normalized spacial score (nSPS) is 9.90. The summed E-state index contributed by atoms with van der Waals surface area (Å²) in [4.78, 5) is 0. The van der Waals surface area contributed by atoms with Crippen molar-refractivity contribution >= 4 is 5.69 Å². The minimum Gasteiger partial charge on any atom is -0.394 e. The highest BCUT2D eigenvalue weighted by molar-refractivity contribution is 5.67. The zero-order valence-electron chi connectivity index (χ0n) is 16.2. The van der Waals surface area contributed by atoms with Crippen LogP contribution in [-0.2, 0) is 0 Å². The number of hydrogen-bond donors (Lipinski definition) is 1. The van der Waals surface area contributed by atoms with Crippen LogP contribution in [0.5, 0.6) is 0 Å². The summed E-state index contributed by atoms with van der Waals surface area (Å²) in [6, 6.07) is 17.5. The second-order valence-corrected chi connectivity index (χ2v) is 6.66. The lowest BCUT2D eigenvalue weighted by Crippen LogP contribution is -1.96. The van der Waals surface area contributed by atoms with Crippen LogP contribution in [0.4, 0.5) is 14.5 Å². The van der Waals surface area contributed by atoms with Crippen molar-refractivity contribution in [3.63, 3.8) is 0 Å². The van der Waals surface area contributed by atoms with Crippen molar-refractivity contribution in [1.29, 1.82) is 0 Å². The number of unbranched alkanes of at least 4 members (excludes halogenated alkanes) is 2. The van der Waals surface area contributed by atoms with Crippen LogP contribution in [0, 0.1) is 35.3 Å². The summed E-state index contributed by atoms with van der Waals surface area (Å²) in [5.41, 5.74) is 8.68. The molecule has 0 aliphatic heterocycles. The molecular formula is C26H21F2N. The van der Waals surface area contributed by atoms with E-state index < -0.39 is 17.3 Å². The Labute approximate surface area is 170 Å². The van der Waals surface area contributed by atoms with Crippen molar-refractivity contribution < 1.29 is 8.78 Å². The van der Waals surface area contributed by atoms with Gasteiger partial charge in [-0.3, -0.25) is 0 Å². The van der Waals surface area contributed by atoms with E-state index in [4.69, 9.17) is 5.73 Å². The van der Waals surface area contributed by atoms with E-state index in [1.54, 1.807) is 12.1 Å². The molecule has 1 nitrogen and oxygen atoms in total. The second-order valence-electron chi connectivity index (χ2n) is 6.66. The summed E-state index contributed by atoms with van der Waals surface area (Å²) in [7, 11) is 0. The molecule has 3 rings (SSSR count). The number of anilines is 1. The SMILES string of the molecule is CCCCC#Cc1ccc(C#Cc2ccc(-c3cc(F)c(N)c(F)c3)cc2)cc1. The van der Waals surface area contributed by atoms with Crippen molar-refractivity contribution in [3.8, 4) is 34.8 Å². The summed E-state index contributed by atoms with van der Waals surface area (Å²) in [6.45, 7) is 2.15. The first-order chi connectivity index (χ1) is 14.1. The fourth-order valence-corrected chi connectivity index (χ4v) is 2.71. The summed E-state index contributed by atoms with van der Waals surface area (Å²) < 4.78 is 27.3. The van der Waals surface area contributed by atoms with Gasteiger partial charge in [-0.15, -0.1) is 0 Å². The molecule has 0 amide bonds. The quantitative estimate of drug-likeness (QED) is 0.326. The van der Waals surface area contributed by atoms with Crippen LogP contribution in [0.15, 0.2) is 60.7 Å². The van der Waals surface area contributed by atoms with Crippen LogP contribution in [0.3, 0.4) is 0 Å². The lowest BCUT2D eigenvalue weighted by Gasteiger charge is -2.05. The van der Waals surface area contributed by atoms with Crippen LogP contribution >= 0.6 is 0 Å². The maximum absolute atomic E-state index is 13.6.